The first-order valence-corrected chi connectivity index (χ1v) is 7.20. The molecule has 3 nitrogen and oxygen atoms in total. The van der Waals surface area contributed by atoms with E-state index in [9.17, 15) is 5.11 Å². The smallest absolute Gasteiger partial charge is 0.123 e. The molecule has 2 aromatic rings. The van der Waals surface area contributed by atoms with Gasteiger partial charge in [-0.1, -0.05) is 40.2 Å². The molecule has 4 heteroatoms. The number of hydrogen-bond donors (Lipinski definition) is 2. The van der Waals surface area contributed by atoms with Gasteiger partial charge >= 0.3 is 0 Å². The number of para-hydroxylation sites is 1. The van der Waals surface area contributed by atoms with Gasteiger partial charge in [0.25, 0.3) is 0 Å². The van der Waals surface area contributed by atoms with E-state index in [0.717, 1.165) is 26.9 Å². The normalized spacial score (nSPS) is 10.6. The van der Waals surface area contributed by atoms with Gasteiger partial charge in [-0.3, -0.25) is 0 Å². The lowest BCUT2D eigenvalue weighted by atomic mass is 10.1. The maximum atomic E-state index is 10.0. The number of halogens is 1. The third-order valence-electron chi connectivity index (χ3n) is 3.20. The second-order valence-corrected chi connectivity index (χ2v) is 5.49. The minimum atomic E-state index is 0.350. The van der Waals surface area contributed by atoms with Gasteiger partial charge in [0, 0.05) is 34.9 Å². The van der Waals surface area contributed by atoms with Crippen LogP contribution < -0.4 is 5.32 Å². The largest absolute Gasteiger partial charge is 0.507 e. The molecule has 0 saturated heterocycles. The molecule has 0 saturated carbocycles. The number of rotatable bonds is 5. The van der Waals surface area contributed by atoms with Crippen molar-refractivity contribution < 1.29 is 9.84 Å². The van der Waals surface area contributed by atoms with Crippen molar-refractivity contribution >= 4 is 21.6 Å². The van der Waals surface area contributed by atoms with Crippen molar-refractivity contribution in [2.24, 2.45) is 0 Å². The summed E-state index contributed by atoms with van der Waals surface area (Å²) < 4.78 is 6.24. The average molecular weight is 336 g/mol. The van der Waals surface area contributed by atoms with E-state index in [1.807, 2.05) is 43.3 Å². The fraction of sp³-hybridized carbons (Fsp3) is 0.250. The molecule has 0 amide bonds. The summed E-state index contributed by atoms with van der Waals surface area (Å²) in [6, 6.07) is 11.7. The van der Waals surface area contributed by atoms with Crippen LogP contribution in [0.5, 0.6) is 5.75 Å². The van der Waals surface area contributed by atoms with E-state index in [2.05, 4.69) is 21.2 Å². The summed E-state index contributed by atoms with van der Waals surface area (Å²) >= 11 is 3.53. The molecule has 2 N–H and O–H groups in total. The Balaban J connectivity index is 2.19. The molecule has 0 radical (unpaired) electrons. The van der Waals surface area contributed by atoms with E-state index >= 15 is 0 Å². The predicted molar refractivity (Wildman–Crippen MR) is 85.0 cm³/mol. The molecular weight excluding hydrogens is 318 g/mol. The van der Waals surface area contributed by atoms with E-state index in [4.69, 9.17) is 4.74 Å². The standard InChI is InChI=1S/C16H18BrNO2/c1-11-5-3-6-12(16(11)19)9-18-15-8-4-7-14(17)13(15)10-20-2/h3-8,18-19H,9-10H2,1-2H3. The Morgan fingerprint density at radius 3 is 2.70 bits per heavy atom. The molecule has 0 heterocycles. The topological polar surface area (TPSA) is 41.5 Å². The van der Waals surface area contributed by atoms with Gasteiger partial charge in [0.1, 0.15) is 5.75 Å². The highest BCUT2D eigenvalue weighted by atomic mass is 79.9. The van der Waals surface area contributed by atoms with Gasteiger partial charge in [-0.05, 0) is 24.6 Å². The number of phenols is 1. The van der Waals surface area contributed by atoms with E-state index < -0.39 is 0 Å². The zero-order valence-corrected chi connectivity index (χ0v) is 13.2. The maximum absolute atomic E-state index is 10.0. The summed E-state index contributed by atoms with van der Waals surface area (Å²) in [4.78, 5) is 0. The van der Waals surface area contributed by atoms with Crippen LogP contribution in [-0.2, 0) is 17.9 Å². The highest BCUT2D eigenvalue weighted by Crippen LogP contribution is 2.27. The van der Waals surface area contributed by atoms with Gasteiger partial charge in [0.05, 0.1) is 6.61 Å². The molecule has 0 bridgehead atoms. The third kappa shape index (κ3) is 3.32. The van der Waals surface area contributed by atoms with Crippen LogP contribution >= 0.6 is 15.9 Å². The van der Waals surface area contributed by atoms with E-state index in [1.165, 1.54) is 0 Å². The van der Waals surface area contributed by atoms with E-state index in [0.29, 0.717) is 18.9 Å². The Morgan fingerprint density at radius 2 is 1.95 bits per heavy atom. The highest BCUT2D eigenvalue weighted by molar-refractivity contribution is 9.10. The fourth-order valence-corrected chi connectivity index (χ4v) is 2.55. The van der Waals surface area contributed by atoms with Crippen LogP contribution in [0.25, 0.3) is 0 Å². The quantitative estimate of drug-likeness (QED) is 0.859. The number of benzene rings is 2. The van der Waals surface area contributed by atoms with E-state index in [1.54, 1.807) is 7.11 Å². The van der Waals surface area contributed by atoms with Crippen LogP contribution in [0.2, 0.25) is 0 Å². The minimum absolute atomic E-state index is 0.350. The Labute approximate surface area is 127 Å². The van der Waals surface area contributed by atoms with Crippen LogP contribution in [0, 0.1) is 6.92 Å². The highest BCUT2D eigenvalue weighted by Gasteiger charge is 2.08. The number of hydrogen-bond acceptors (Lipinski definition) is 3. The second kappa shape index (κ2) is 6.77. The number of aryl methyl sites for hydroxylation is 1. The molecule has 0 aliphatic carbocycles. The van der Waals surface area contributed by atoms with Crippen LogP contribution in [0.4, 0.5) is 5.69 Å². The van der Waals surface area contributed by atoms with Gasteiger partial charge in [-0.25, -0.2) is 0 Å². The molecule has 0 aromatic heterocycles. The first kappa shape index (κ1) is 14.9. The van der Waals surface area contributed by atoms with Crippen LogP contribution in [0.15, 0.2) is 40.9 Å². The van der Waals surface area contributed by atoms with Crippen molar-refractivity contribution in [2.75, 3.05) is 12.4 Å². The number of aromatic hydroxyl groups is 1. The van der Waals surface area contributed by atoms with Crippen molar-refractivity contribution in [3.05, 3.63) is 57.6 Å². The summed E-state index contributed by atoms with van der Waals surface area (Å²) in [5, 5.41) is 13.4. The van der Waals surface area contributed by atoms with Gasteiger partial charge in [-0.15, -0.1) is 0 Å². The fourth-order valence-electron chi connectivity index (χ4n) is 2.07. The molecule has 2 aromatic carbocycles. The zero-order chi connectivity index (χ0) is 14.5. The maximum Gasteiger partial charge on any atom is 0.123 e. The minimum Gasteiger partial charge on any atom is -0.507 e. The second-order valence-electron chi connectivity index (χ2n) is 4.64. The average Bonchev–Trinajstić information content (AvgIpc) is 2.44. The molecule has 0 aliphatic rings. The Kier molecular flexibility index (Phi) is 5.04. The number of nitrogens with one attached hydrogen (secondary N) is 1. The number of ether oxygens (including phenoxy) is 1. The predicted octanol–water partition coefficient (Wildman–Crippen LogP) is 4.22. The molecule has 0 fully saturated rings. The Bertz CT molecular complexity index is 599. The molecule has 0 aliphatic heterocycles. The summed E-state index contributed by atoms with van der Waals surface area (Å²) in [6.07, 6.45) is 0. The summed E-state index contributed by atoms with van der Waals surface area (Å²) in [6.45, 7) is 3.00. The van der Waals surface area contributed by atoms with Crippen LogP contribution in [0.3, 0.4) is 0 Å². The van der Waals surface area contributed by atoms with Crippen molar-refractivity contribution in [3.63, 3.8) is 0 Å². The lowest BCUT2D eigenvalue weighted by Gasteiger charge is -2.14. The third-order valence-corrected chi connectivity index (χ3v) is 3.94. The number of anilines is 1. The number of methoxy groups -OCH3 is 1. The SMILES string of the molecule is COCc1c(Br)cccc1NCc1cccc(C)c1O. The first-order valence-electron chi connectivity index (χ1n) is 6.41. The Morgan fingerprint density at radius 1 is 1.20 bits per heavy atom. The van der Waals surface area contributed by atoms with Crippen molar-refractivity contribution in [1.29, 1.82) is 0 Å². The van der Waals surface area contributed by atoms with Gasteiger partial charge in [0.2, 0.25) is 0 Å². The van der Waals surface area contributed by atoms with Gasteiger partial charge in [0.15, 0.2) is 0 Å². The summed E-state index contributed by atoms with van der Waals surface area (Å²) in [5.41, 5.74) is 3.84. The molecule has 106 valence electrons. The van der Waals surface area contributed by atoms with Gasteiger partial charge in [-0.2, -0.15) is 0 Å². The molecule has 0 spiro atoms. The number of phenolic OH excluding ortho intramolecular Hbond substituents is 1. The van der Waals surface area contributed by atoms with E-state index in [-0.39, 0.29) is 0 Å². The summed E-state index contributed by atoms with van der Waals surface area (Å²) in [7, 11) is 1.68. The van der Waals surface area contributed by atoms with Crippen LogP contribution in [-0.4, -0.2) is 12.2 Å². The lowest BCUT2D eigenvalue weighted by Crippen LogP contribution is -2.04. The van der Waals surface area contributed by atoms with Crippen molar-refractivity contribution in [1.82, 2.24) is 0 Å². The first-order chi connectivity index (χ1) is 9.63. The van der Waals surface area contributed by atoms with Crippen LogP contribution in [0.1, 0.15) is 16.7 Å². The lowest BCUT2D eigenvalue weighted by molar-refractivity contribution is 0.185. The molecule has 0 unspecified atom stereocenters. The van der Waals surface area contributed by atoms with Gasteiger partial charge < -0.3 is 15.2 Å². The molecule has 2 rings (SSSR count). The Hall–Kier alpha value is -1.52. The van der Waals surface area contributed by atoms with Crippen molar-refractivity contribution in [3.8, 4) is 5.75 Å². The molecular formula is C16H18BrNO2. The monoisotopic (exact) mass is 335 g/mol. The summed E-state index contributed by atoms with van der Waals surface area (Å²) in [5.74, 6) is 0.350. The molecule has 20 heavy (non-hydrogen) atoms. The molecule has 0 atom stereocenters. The zero-order valence-electron chi connectivity index (χ0n) is 11.6. The van der Waals surface area contributed by atoms with Crippen molar-refractivity contribution in [2.45, 2.75) is 20.1 Å².